The topological polar surface area (TPSA) is 118 Å². The minimum Gasteiger partial charge on any atom is -0.491 e. The van der Waals surface area contributed by atoms with E-state index in [4.69, 9.17) is 9.47 Å². The van der Waals surface area contributed by atoms with Gasteiger partial charge >= 0.3 is 0 Å². The molecule has 1 aromatic heterocycles. The third kappa shape index (κ3) is 9.30. The molecule has 0 radical (unpaired) electrons. The summed E-state index contributed by atoms with van der Waals surface area (Å²) in [5, 5.41) is 9.18. The minimum absolute atomic E-state index is 0.224. The number of benzene rings is 2. The summed E-state index contributed by atoms with van der Waals surface area (Å²) in [6, 6.07) is 14.6. The van der Waals surface area contributed by atoms with Crippen LogP contribution in [0.3, 0.4) is 0 Å². The first-order chi connectivity index (χ1) is 17.8. The summed E-state index contributed by atoms with van der Waals surface area (Å²) in [6.45, 7) is 1.65. The van der Waals surface area contributed by atoms with Crippen molar-refractivity contribution in [1.29, 1.82) is 0 Å². The molecule has 0 aliphatic carbocycles. The summed E-state index contributed by atoms with van der Waals surface area (Å²) in [7, 11) is 4.16. The molecule has 0 bridgehead atoms. The van der Waals surface area contributed by atoms with Crippen molar-refractivity contribution in [2.75, 3.05) is 63.2 Å². The third-order valence-corrected chi connectivity index (χ3v) is 5.78. The average Bonchev–Trinajstić information content (AvgIpc) is 2.85. The molecule has 0 spiro atoms. The van der Waals surface area contributed by atoms with E-state index < -0.39 is 10.8 Å². The Morgan fingerprint density at radius 2 is 1.81 bits per heavy atom. The molecular formula is C26H32N6O4S. The Morgan fingerprint density at radius 1 is 1.05 bits per heavy atom. The molecule has 1 atom stereocenters. The lowest BCUT2D eigenvalue weighted by atomic mass is 10.2. The van der Waals surface area contributed by atoms with Crippen molar-refractivity contribution in [3.8, 4) is 5.75 Å². The first-order valence-electron chi connectivity index (χ1n) is 11.5. The fraction of sp³-hybridized carbons (Fsp3) is 0.269. The van der Waals surface area contributed by atoms with Gasteiger partial charge in [-0.25, -0.2) is 4.98 Å². The number of nitrogens with one attached hydrogen (secondary N) is 3. The van der Waals surface area contributed by atoms with E-state index in [1.54, 1.807) is 37.6 Å². The highest BCUT2D eigenvalue weighted by molar-refractivity contribution is 7.84. The number of nitrogens with zero attached hydrogens (tertiary/aromatic N) is 3. The number of hydrogen-bond acceptors (Lipinski definition) is 9. The number of ether oxygens (including phenoxy) is 2. The highest BCUT2D eigenvalue weighted by Crippen LogP contribution is 2.25. The Kier molecular flexibility index (Phi) is 10.6. The second kappa shape index (κ2) is 14.1. The normalized spacial score (nSPS) is 11.9. The van der Waals surface area contributed by atoms with Crippen LogP contribution >= 0.6 is 0 Å². The molecule has 3 N–H and O–H groups in total. The van der Waals surface area contributed by atoms with Crippen LogP contribution in [0.5, 0.6) is 5.75 Å². The Morgan fingerprint density at radius 3 is 2.51 bits per heavy atom. The van der Waals surface area contributed by atoms with Crippen LogP contribution in [-0.4, -0.2) is 72.2 Å². The van der Waals surface area contributed by atoms with Gasteiger partial charge in [-0.15, -0.1) is 0 Å². The van der Waals surface area contributed by atoms with Crippen LogP contribution in [0, 0.1) is 0 Å². The molecule has 1 unspecified atom stereocenters. The number of methoxy groups -OCH3 is 1. The van der Waals surface area contributed by atoms with Crippen molar-refractivity contribution < 1.29 is 18.5 Å². The lowest BCUT2D eigenvalue weighted by Gasteiger charge is -2.13. The Hall–Kier alpha value is -3.80. The van der Waals surface area contributed by atoms with Gasteiger partial charge in [0.05, 0.1) is 28.5 Å². The van der Waals surface area contributed by atoms with Gasteiger partial charge in [0.25, 0.3) is 0 Å². The predicted octanol–water partition coefficient (Wildman–Crippen LogP) is 3.78. The standard InChI is InChI=1S/C26H32N6O4S/c1-32(2)14-6-9-24(33)28-20-7-5-8-21(17-20)29-25-23(37(4)34)18-27-26(31-25)30-19-10-12-22(13-11-19)36-16-15-35-3/h5-13,17-18H,14-16H2,1-4H3,(H,28,33)(H2,27,29,30,31)/b9-6+. The maximum Gasteiger partial charge on any atom is 0.248 e. The van der Waals surface area contributed by atoms with Gasteiger partial charge in [-0.1, -0.05) is 12.1 Å². The molecule has 0 aliphatic rings. The Labute approximate surface area is 219 Å². The summed E-state index contributed by atoms with van der Waals surface area (Å²) in [5.41, 5.74) is 2.05. The molecule has 196 valence electrons. The fourth-order valence-electron chi connectivity index (χ4n) is 3.10. The van der Waals surface area contributed by atoms with E-state index >= 15 is 0 Å². The smallest absolute Gasteiger partial charge is 0.248 e. The van der Waals surface area contributed by atoms with Crippen LogP contribution in [-0.2, 0) is 20.3 Å². The molecule has 37 heavy (non-hydrogen) atoms. The van der Waals surface area contributed by atoms with Crippen molar-refractivity contribution >= 4 is 45.5 Å². The number of carbonyl (C=O) groups is 1. The molecule has 10 nitrogen and oxygen atoms in total. The number of likely N-dealkylation sites (N-methyl/N-ethyl adjacent to an activating group) is 1. The number of rotatable bonds is 13. The number of carbonyl (C=O) groups excluding carboxylic acids is 1. The van der Waals surface area contributed by atoms with Crippen molar-refractivity contribution in [1.82, 2.24) is 14.9 Å². The first-order valence-corrected chi connectivity index (χ1v) is 13.1. The van der Waals surface area contributed by atoms with Gasteiger partial charge in [0.1, 0.15) is 12.4 Å². The molecule has 1 amide bonds. The lowest BCUT2D eigenvalue weighted by molar-refractivity contribution is -0.111. The molecule has 2 aromatic carbocycles. The van der Waals surface area contributed by atoms with Gasteiger partial charge in [-0.2, -0.15) is 4.98 Å². The van der Waals surface area contributed by atoms with E-state index in [0.717, 1.165) is 11.4 Å². The summed E-state index contributed by atoms with van der Waals surface area (Å²) < 4.78 is 22.9. The monoisotopic (exact) mass is 524 g/mol. The molecule has 0 saturated carbocycles. The van der Waals surface area contributed by atoms with E-state index in [1.165, 1.54) is 12.3 Å². The van der Waals surface area contributed by atoms with Crippen LogP contribution in [0.15, 0.2) is 71.8 Å². The number of aromatic nitrogens is 2. The van der Waals surface area contributed by atoms with Gasteiger partial charge in [0, 0.05) is 43.0 Å². The Balaban J connectivity index is 1.72. The van der Waals surface area contributed by atoms with Gasteiger partial charge < -0.3 is 30.3 Å². The second-order valence-electron chi connectivity index (χ2n) is 8.21. The van der Waals surface area contributed by atoms with Gasteiger partial charge in [-0.05, 0) is 56.6 Å². The second-order valence-corrected chi connectivity index (χ2v) is 9.56. The Bertz CT molecular complexity index is 1230. The van der Waals surface area contributed by atoms with Gasteiger partial charge in [-0.3, -0.25) is 9.00 Å². The highest BCUT2D eigenvalue weighted by Gasteiger charge is 2.12. The largest absolute Gasteiger partial charge is 0.491 e. The zero-order chi connectivity index (χ0) is 26.6. The zero-order valence-electron chi connectivity index (χ0n) is 21.4. The predicted molar refractivity (Wildman–Crippen MR) is 148 cm³/mol. The highest BCUT2D eigenvalue weighted by atomic mass is 32.2. The lowest BCUT2D eigenvalue weighted by Crippen LogP contribution is -2.13. The van der Waals surface area contributed by atoms with Crippen molar-refractivity contribution in [2.45, 2.75) is 4.90 Å². The molecule has 3 aromatic rings. The summed E-state index contributed by atoms with van der Waals surface area (Å²) in [4.78, 5) is 23.5. The number of hydrogen-bond donors (Lipinski definition) is 3. The van der Waals surface area contributed by atoms with Crippen LogP contribution in [0.2, 0.25) is 0 Å². The SMILES string of the molecule is COCCOc1ccc(Nc2ncc(S(C)=O)c(Nc3cccc(NC(=O)/C=C/CN(C)C)c3)n2)cc1. The molecular weight excluding hydrogens is 492 g/mol. The minimum atomic E-state index is -1.32. The zero-order valence-corrected chi connectivity index (χ0v) is 22.2. The third-order valence-electron chi connectivity index (χ3n) is 4.86. The first kappa shape index (κ1) is 27.8. The van der Waals surface area contributed by atoms with E-state index in [9.17, 15) is 9.00 Å². The number of anilines is 5. The molecule has 0 fully saturated rings. The maximum atomic E-state index is 12.3. The molecule has 0 aliphatic heterocycles. The quantitative estimate of drug-likeness (QED) is 0.227. The van der Waals surface area contributed by atoms with E-state index in [2.05, 4.69) is 25.9 Å². The molecule has 11 heteroatoms. The van der Waals surface area contributed by atoms with Crippen LogP contribution in [0.4, 0.5) is 28.8 Å². The summed E-state index contributed by atoms with van der Waals surface area (Å²) >= 11 is 0. The molecule has 1 heterocycles. The van der Waals surface area contributed by atoms with E-state index in [0.29, 0.717) is 47.8 Å². The summed E-state index contributed by atoms with van der Waals surface area (Å²) in [6.07, 6.45) is 6.38. The van der Waals surface area contributed by atoms with Gasteiger partial charge in [0.2, 0.25) is 11.9 Å². The van der Waals surface area contributed by atoms with Crippen molar-refractivity contribution in [3.63, 3.8) is 0 Å². The fourth-order valence-corrected chi connectivity index (χ4v) is 3.67. The van der Waals surface area contributed by atoms with Crippen molar-refractivity contribution in [3.05, 3.63) is 66.9 Å². The maximum absolute atomic E-state index is 12.3. The van der Waals surface area contributed by atoms with E-state index in [-0.39, 0.29) is 5.91 Å². The van der Waals surface area contributed by atoms with Gasteiger partial charge in [0.15, 0.2) is 5.82 Å². The summed E-state index contributed by atoms with van der Waals surface area (Å²) in [5.74, 6) is 1.23. The van der Waals surface area contributed by atoms with Crippen molar-refractivity contribution in [2.24, 2.45) is 0 Å². The van der Waals surface area contributed by atoms with Crippen LogP contribution in [0.25, 0.3) is 0 Å². The van der Waals surface area contributed by atoms with Crippen LogP contribution < -0.4 is 20.7 Å². The molecule has 3 rings (SSSR count). The number of amides is 1. The van der Waals surface area contributed by atoms with E-state index in [1.807, 2.05) is 49.3 Å². The molecule has 0 saturated heterocycles. The average molecular weight is 525 g/mol. The van der Waals surface area contributed by atoms with Crippen LogP contribution in [0.1, 0.15) is 0 Å².